The number of nitrogens with zero attached hydrogens (tertiary/aromatic N) is 1. The minimum atomic E-state index is -4.30. The number of carbonyl (C=O) groups is 1. The van der Waals surface area contributed by atoms with Crippen molar-refractivity contribution in [3.63, 3.8) is 0 Å². The molecule has 1 heterocycles. The van der Waals surface area contributed by atoms with Gasteiger partial charge < -0.3 is 13.7 Å². The minimum Gasteiger partial charge on any atom is -0.492 e. The summed E-state index contributed by atoms with van der Waals surface area (Å²) in [5, 5.41) is 6.38. The number of nitrogens with one attached hydrogen (secondary N) is 1. The van der Waals surface area contributed by atoms with E-state index in [1.165, 1.54) is 18.3 Å². The Morgan fingerprint density at radius 2 is 1.94 bits per heavy atom. The Labute approximate surface area is 191 Å². The Bertz CT molecular complexity index is 1120. The summed E-state index contributed by atoms with van der Waals surface area (Å²) in [5.41, 5.74) is 1.46. The zero-order chi connectivity index (χ0) is 23.4. The minimum absolute atomic E-state index is 0.134. The van der Waals surface area contributed by atoms with E-state index >= 15 is 0 Å². The second-order valence-corrected chi connectivity index (χ2v) is 9.05. The van der Waals surface area contributed by atoms with E-state index < -0.39 is 22.1 Å². The molecular formula is C21H23ClN2O7S. The lowest BCUT2D eigenvalue weighted by Crippen LogP contribution is -2.34. The van der Waals surface area contributed by atoms with Gasteiger partial charge in [0.1, 0.15) is 17.1 Å². The van der Waals surface area contributed by atoms with Crippen LogP contribution in [0.25, 0.3) is 0 Å². The van der Waals surface area contributed by atoms with Gasteiger partial charge in [-0.25, -0.2) is 9.08 Å². The zero-order valence-corrected chi connectivity index (χ0v) is 19.3. The third-order valence-corrected chi connectivity index (χ3v) is 5.43. The van der Waals surface area contributed by atoms with Gasteiger partial charge in [0.2, 0.25) is 0 Å². The number of hydrogen-bond donors (Lipinski definition) is 1. The molecule has 0 unspecified atom stereocenters. The van der Waals surface area contributed by atoms with Crippen LogP contribution in [0, 0.1) is 6.92 Å². The molecular weight excluding hydrogens is 460 g/mol. The van der Waals surface area contributed by atoms with Crippen LogP contribution in [0.15, 0.2) is 41.6 Å². The van der Waals surface area contributed by atoms with Gasteiger partial charge in [-0.2, -0.15) is 0 Å². The van der Waals surface area contributed by atoms with Gasteiger partial charge in [-0.3, -0.25) is 5.32 Å². The fourth-order valence-electron chi connectivity index (χ4n) is 2.91. The third-order valence-electron chi connectivity index (χ3n) is 4.47. The second-order valence-electron chi connectivity index (χ2n) is 7.51. The van der Waals surface area contributed by atoms with E-state index in [9.17, 15) is 13.2 Å². The van der Waals surface area contributed by atoms with E-state index in [4.69, 9.17) is 25.3 Å². The van der Waals surface area contributed by atoms with Gasteiger partial charge in [-0.05, 0) is 57.9 Å². The number of halogens is 1. The lowest BCUT2D eigenvalue weighted by atomic mass is 9.94. The predicted molar refractivity (Wildman–Crippen MR) is 120 cm³/mol. The largest absolute Gasteiger partial charge is 0.521 e. The van der Waals surface area contributed by atoms with Crippen LogP contribution in [0.1, 0.15) is 37.8 Å². The summed E-state index contributed by atoms with van der Waals surface area (Å²) in [6, 6.07) is 9.81. The number of cyclic esters (lactones) is 1. The highest BCUT2D eigenvalue weighted by Gasteiger charge is 2.34. The maximum absolute atomic E-state index is 11.8. The molecule has 0 saturated heterocycles. The molecule has 1 amide bonds. The van der Waals surface area contributed by atoms with Gasteiger partial charge in [-0.1, -0.05) is 34.5 Å². The topological polar surface area (TPSA) is 113 Å². The number of rotatable bonds is 9. The summed E-state index contributed by atoms with van der Waals surface area (Å²) >= 11 is 6.25. The number of oxime groups is 1. The van der Waals surface area contributed by atoms with E-state index in [2.05, 4.69) is 14.8 Å². The molecule has 1 aliphatic heterocycles. The van der Waals surface area contributed by atoms with Crippen LogP contribution in [0.3, 0.4) is 0 Å². The Kier molecular flexibility index (Phi) is 7.15. The molecule has 0 atom stereocenters. The fraction of sp³-hybridized carbons (Fsp3) is 0.333. The van der Waals surface area contributed by atoms with Gasteiger partial charge in [0.05, 0.1) is 17.3 Å². The van der Waals surface area contributed by atoms with Gasteiger partial charge >= 0.3 is 16.5 Å². The summed E-state index contributed by atoms with van der Waals surface area (Å²) in [7, 11) is -4.30. The van der Waals surface area contributed by atoms with Crippen molar-refractivity contribution < 1.29 is 31.2 Å². The normalized spacial score (nSPS) is 14.9. The number of hydrogen-bond acceptors (Lipinski definition) is 8. The molecule has 172 valence electrons. The third kappa shape index (κ3) is 6.27. The quantitative estimate of drug-likeness (QED) is 0.306. The van der Waals surface area contributed by atoms with Crippen molar-refractivity contribution >= 4 is 40.0 Å². The molecule has 0 aliphatic carbocycles. The Hall–Kier alpha value is -2.98. The second kappa shape index (κ2) is 9.66. The van der Waals surface area contributed by atoms with Crippen molar-refractivity contribution in [2.24, 2.45) is 5.16 Å². The highest BCUT2D eigenvalue weighted by atomic mass is 35.5. The zero-order valence-electron chi connectivity index (χ0n) is 17.8. The standard InChI is InChI=1S/C21H23ClN2O7S/c1-14-6-8-15(9-7-14)30-32(26,27)31-23-10-4-5-11-28-19-12-16-18(13-17(19)22)24-20(25)29-21(16,2)3/h6-10,12-13H,4-5,11H2,1-3H3,(H,24,25). The van der Waals surface area contributed by atoms with Crippen LogP contribution >= 0.6 is 11.6 Å². The van der Waals surface area contributed by atoms with E-state index in [0.717, 1.165) is 11.1 Å². The van der Waals surface area contributed by atoms with Crippen LogP contribution in [0.5, 0.6) is 11.5 Å². The first-order chi connectivity index (χ1) is 15.1. The number of amides is 1. The molecule has 0 bridgehead atoms. The van der Waals surface area contributed by atoms with Gasteiger partial charge in [0.15, 0.2) is 0 Å². The number of ether oxygens (including phenoxy) is 2. The van der Waals surface area contributed by atoms with Crippen molar-refractivity contribution in [1.82, 2.24) is 0 Å². The summed E-state index contributed by atoms with van der Waals surface area (Å²) in [4.78, 5) is 11.6. The molecule has 3 rings (SSSR count). The molecule has 32 heavy (non-hydrogen) atoms. The molecule has 1 N–H and O–H groups in total. The SMILES string of the molecule is Cc1ccc(OS(=O)(=O)ON=CCCCOc2cc3c(cc2Cl)NC(=O)OC3(C)C)cc1. The van der Waals surface area contributed by atoms with Gasteiger partial charge in [-0.15, -0.1) is 8.42 Å². The van der Waals surface area contributed by atoms with Crippen LogP contribution < -0.4 is 14.2 Å². The number of carbonyl (C=O) groups excluding carboxylic acids is 1. The summed E-state index contributed by atoms with van der Waals surface area (Å²) in [5.74, 6) is 0.578. The number of anilines is 1. The van der Waals surface area contributed by atoms with Crippen molar-refractivity contribution in [3.8, 4) is 11.5 Å². The van der Waals surface area contributed by atoms with Crippen molar-refractivity contribution in [2.75, 3.05) is 11.9 Å². The van der Waals surface area contributed by atoms with E-state index in [0.29, 0.717) is 35.9 Å². The number of fused-ring (bicyclic) bond motifs is 1. The maximum atomic E-state index is 11.8. The first-order valence-corrected chi connectivity index (χ1v) is 11.5. The first-order valence-electron chi connectivity index (χ1n) is 9.74. The fourth-order valence-corrected chi connectivity index (χ4v) is 3.67. The number of aryl methyl sites for hydroxylation is 1. The molecule has 0 saturated carbocycles. The summed E-state index contributed by atoms with van der Waals surface area (Å²) in [6.45, 7) is 5.71. The highest BCUT2D eigenvalue weighted by Crippen LogP contribution is 2.41. The Balaban J connectivity index is 1.46. The van der Waals surface area contributed by atoms with Gasteiger partial charge in [0, 0.05) is 11.8 Å². The average molecular weight is 483 g/mol. The van der Waals surface area contributed by atoms with Crippen LogP contribution in [-0.2, 0) is 25.0 Å². The molecule has 9 nitrogen and oxygen atoms in total. The number of unbranched alkanes of at least 4 members (excludes halogenated alkanes) is 1. The maximum Gasteiger partial charge on any atom is 0.521 e. The van der Waals surface area contributed by atoms with Crippen molar-refractivity contribution in [2.45, 2.75) is 39.2 Å². The van der Waals surface area contributed by atoms with Gasteiger partial charge in [0.25, 0.3) is 0 Å². The lowest BCUT2D eigenvalue weighted by Gasteiger charge is -2.33. The van der Waals surface area contributed by atoms with Crippen LogP contribution in [0.2, 0.25) is 5.02 Å². The van der Waals surface area contributed by atoms with Crippen molar-refractivity contribution in [3.05, 3.63) is 52.5 Å². The monoisotopic (exact) mass is 482 g/mol. The van der Waals surface area contributed by atoms with Crippen LogP contribution in [-0.4, -0.2) is 27.3 Å². The molecule has 0 fully saturated rings. The Morgan fingerprint density at radius 3 is 2.66 bits per heavy atom. The van der Waals surface area contributed by atoms with E-state index in [-0.39, 0.29) is 5.75 Å². The smallest absolute Gasteiger partial charge is 0.492 e. The van der Waals surface area contributed by atoms with E-state index in [1.807, 2.05) is 6.92 Å². The molecule has 2 aromatic carbocycles. The first kappa shape index (κ1) is 23.7. The summed E-state index contributed by atoms with van der Waals surface area (Å²) in [6.07, 6.45) is 1.68. The molecule has 11 heteroatoms. The Morgan fingerprint density at radius 1 is 1.22 bits per heavy atom. The average Bonchev–Trinajstić information content (AvgIpc) is 2.68. The molecule has 2 aromatic rings. The molecule has 1 aliphatic rings. The number of benzene rings is 2. The highest BCUT2D eigenvalue weighted by molar-refractivity contribution is 7.82. The molecule has 0 radical (unpaired) electrons. The molecule has 0 spiro atoms. The van der Waals surface area contributed by atoms with E-state index in [1.54, 1.807) is 38.1 Å². The molecule has 0 aromatic heterocycles. The predicted octanol–water partition coefficient (Wildman–Crippen LogP) is 4.93. The lowest BCUT2D eigenvalue weighted by molar-refractivity contribution is 0.0418. The summed E-state index contributed by atoms with van der Waals surface area (Å²) < 4.78 is 43.7. The van der Waals surface area contributed by atoms with Crippen LogP contribution in [0.4, 0.5) is 10.5 Å². The van der Waals surface area contributed by atoms with Crippen molar-refractivity contribution in [1.29, 1.82) is 0 Å².